The second-order valence-electron chi connectivity index (χ2n) is 7.20. The lowest BCUT2D eigenvalue weighted by molar-refractivity contribution is -0.153. The predicted molar refractivity (Wildman–Crippen MR) is 94.0 cm³/mol. The molecule has 10 heteroatoms. The highest BCUT2D eigenvalue weighted by molar-refractivity contribution is 7.89. The Bertz CT molecular complexity index is 832. The summed E-state index contributed by atoms with van der Waals surface area (Å²) in [6, 6.07) is -1.00. The maximum absolute atomic E-state index is 12.7. The first-order valence-corrected chi connectivity index (χ1v) is 9.92. The number of aliphatic carboxylic acids is 1. The summed E-state index contributed by atoms with van der Waals surface area (Å²) in [5.74, 6) is -1.38. The molecule has 1 aromatic heterocycles. The van der Waals surface area contributed by atoms with Crippen LogP contribution in [0.4, 0.5) is 0 Å². The second kappa shape index (κ2) is 6.99. The largest absolute Gasteiger partial charge is 0.481 e. The van der Waals surface area contributed by atoms with Gasteiger partial charge in [-0.05, 0) is 40.5 Å². The van der Waals surface area contributed by atoms with E-state index < -0.39 is 33.4 Å². The van der Waals surface area contributed by atoms with Crippen LogP contribution in [-0.2, 0) is 26.7 Å². The number of sulfonamides is 1. The van der Waals surface area contributed by atoms with Crippen LogP contribution in [-0.4, -0.2) is 59.2 Å². The highest BCUT2D eigenvalue weighted by Gasteiger charge is 2.40. The minimum Gasteiger partial charge on any atom is -0.481 e. The molecule has 0 saturated carbocycles. The van der Waals surface area contributed by atoms with E-state index in [1.807, 2.05) is 0 Å². The minimum atomic E-state index is -3.93. The van der Waals surface area contributed by atoms with Crippen LogP contribution in [0.3, 0.4) is 0 Å². The number of nitrogens with one attached hydrogen (secondary N) is 1. The zero-order chi connectivity index (χ0) is 19.9. The van der Waals surface area contributed by atoms with E-state index in [1.54, 1.807) is 27.8 Å². The third kappa shape index (κ3) is 3.75. The van der Waals surface area contributed by atoms with E-state index in [1.165, 1.54) is 16.5 Å². The van der Waals surface area contributed by atoms with Gasteiger partial charge in [0.1, 0.15) is 4.90 Å². The van der Waals surface area contributed by atoms with Gasteiger partial charge in [0.2, 0.25) is 15.9 Å². The molecule has 2 N–H and O–H groups in total. The molecule has 9 nitrogen and oxygen atoms in total. The summed E-state index contributed by atoms with van der Waals surface area (Å²) in [4.78, 5) is 25.6. The van der Waals surface area contributed by atoms with Crippen LogP contribution in [0.2, 0.25) is 0 Å². The molecule has 0 aromatic carbocycles. The molecule has 2 rings (SSSR count). The Morgan fingerprint density at radius 1 is 1.35 bits per heavy atom. The Labute approximate surface area is 153 Å². The molecule has 1 fully saturated rings. The number of hydrogen-bond donors (Lipinski definition) is 2. The first-order chi connectivity index (χ1) is 11.9. The minimum absolute atomic E-state index is 0.0636. The van der Waals surface area contributed by atoms with E-state index in [0.717, 1.165) is 0 Å². The molecular formula is C16H26N4O5S. The SMILES string of the molecule is Cc1nn(C)c(C)c1S(=O)(=O)NC(C)C(=O)N1CCCC(C)(C(=O)O)C1. The van der Waals surface area contributed by atoms with Crippen molar-refractivity contribution in [3.8, 4) is 0 Å². The number of rotatable bonds is 5. The van der Waals surface area contributed by atoms with Crippen LogP contribution < -0.4 is 4.72 Å². The van der Waals surface area contributed by atoms with Crippen molar-refractivity contribution in [3.63, 3.8) is 0 Å². The average Bonchev–Trinajstić information content (AvgIpc) is 2.79. The van der Waals surface area contributed by atoms with Crippen LogP contribution in [0, 0.1) is 19.3 Å². The van der Waals surface area contributed by atoms with E-state index in [4.69, 9.17) is 0 Å². The van der Waals surface area contributed by atoms with Crippen LogP contribution in [0.25, 0.3) is 0 Å². The quantitative estimate of drug-likeness (QED) is 0.756. The van der Waals surface area contributed by atoms with Gasteiger partial charge in [-0.15, -0.1) is 0 Å². The molecular weight excluding hydrogens is 360 g/mol. The van der Waals surface area contributed by atoms with Gasteiger partial charge in [-0.2, -0.15) is 9.82 Å². The van der Waals surface area contributed by atoms with Crippen molar-refractivity contribution >= 4 is 21.9 Å². The number of carboxylic acids is 1. The molecule has 1 aliphatic heterocycles. The number of amides is 1. The summed E-state index contributed by atoms with van der Waals surface area (Å²) >= 11 is 0. The van der Waals surface area contributed by atoms with Crippen LogP contribution in [0.1, 0.15) is 38.1 Å². The molecule has 0 aliphatic carbocycles. The molecule has 0 radical (unpaired) electrons. The van der Waals surface area contributed by atoms with Gasteiger partial charge in [0.05, 0.1) is 22.8 Å². The lowest BCUT2D eigenvalue weighted by Crippen LogP contribution is -2.53. The molecule has 146 valence electrons. The molecule has 0 spiro atoms. The van der Waals surface area contributed by atoms with Gasteiger partial charge in [0, 0.05) is 20.1 Å². The molecule has 2 atom stereocenters. The number of carboxylic acid groups (broad SMARTS) is 1. The predicted octanol–water partition coefficient (Wildman–Crippen LogP) is 0.417. The molecule has 2 unspecified atom stereocenters. The van der Waals surface area contributed by atoms with Gasteiger partial charge in [-0.25, -0.2) is 8.42 Å². The van der Waals surface area contributed by atoms with Crippen molar-refractivity contribution < 1.29 is 23.1 Å². The molecule has 2 heterocycles. The monoisotopic (exact) mass is 386 g/mol. The highest BCUT2D eigenvalue weighted by Crippen LogP contribution is 2.30. The maximum atomic E-state index is 12.7. The average molecular weight is 386 g/mol. The Kier molecular flexibility index (Phi) is 5.48. The summed E-state index contributed by atoms with van der Waals surface area (Å²) in [5.41, 5.74) is -0.178. The number of piperidine rings is 1. The fraction of sp³-hybridized carbons (Fsp3) is 0.688. The molecule has 1 aliphatic rings. The Morgan fingerprint density at radius 3 is 2.46 bits per heavy atom. The number of nitrogens with zero attached hydrogens (tertiary/aromatic N) is 3. The van der Waals surface area contributed by atoms with Crippen molar-refractivity contribution in [2.75, 3.05) is 13.1 Å². The number of hydrogen-bond acceptors (Lipinski definition) is 5. The van der Waals surface area contributed by atoms with Gasteiger partial charge in [0.15, 0.2) is 0 Å². The van der Waals surface area contributed by atoms with E-state index >= 15 is 0 Å². The molecule has 0 bridgehead atoms. The van der Waals surface area contributed by atoms with Gasteiger partial charge < -0.3 is 10.0 Å². The lowest BCUT2D eigenvalue weighted by atomic mass is 9.82. The van der Waals surface area contributed by atoms with Crippen molar-refractivity contribution in [2.24, 2.45) is 12.5 Å². The second-order valence-corrected chi connectivity index (χ2v) is 8.85. The topological polar surface area (TPSA) is 122 Å². The number of aryl methyl sites for hydroxylation is 2. The lowest BCUT2D eigenvalue weighted by Gasteiger charge is -2.38. The Hall–Kier alpha value is -1.94. The number of aromatic nitrogens is 2. The summed E-state index contributed by atoms with van der Waals surface area (Å²) in [6.45, 7) is 6.79. The Morgan fingerprint density at radius 2 is 1.96 bits per heavy atom. The smallest absolute Gasteiger partial charge is 0.311 e. The molecule has 26 heavy (non-hydrogen) atoms. The number of carbonyl (C=O) groups is 2. The van der Waals surface area contributed by atoms with Crippen molar-refractivity contribution in [3.05, 3.63) is 11.4 Å². The van der Waals surface area contributed by atoms with Gasteiger partial charge in [-0.1, -0.05) is 0 Å². The fourth-order valence-electron chi connectivity index (χ4n) is 3.36. The van der Waals surface area contributed by atoms with Gasteiger partial charge in [0.25, 0.3) is 0 Å². The van der Waals surface area contributed by atoms with Crippen molar-refractivity contribution in [1.29, 1.82) is 0 Å². The molecule has 1 saturated heterocycles. The summed E-state index contributed by atoms with van der Waals surface area (Å²) < 4.78 is 29.3. The summed E-state index contributed by atoms with van der Waals surface area (Å²) in [5, 5.41) is 13.5. The van der Waals surface area contributed by atoms with Crippen LogP contribution >= 0.6 is 0 Å². The zero-order valence-corrected chi connectivity index (χ0v) is 16.6. The van der Waals surface area contributed by atoms with Crippen LogP contribution in [0.5, 0.6) is 0 Å². The molecule has 1 aromatic rings. The van der Waals surface area contributed by atoms with E-state index in [2.05, 4.69) is 9.82 Å². The van der Waals surface area contributed by atoms with Crippen molar-refractivity contribution in [2.45, 2.75) is 51.5 Å². The van der Waals surface area contributed by atoms with Crippen molar-refractivity contribution in [1.82, 2.24) is 19.4 Å². The zero-order valence-electron chi connectivity index (χ0n) is 15.7. The van der Waals surface area contributed by atoms with E-state index in [0.29, 0.717) is 30.8 Å². The van der Waals surface area contributed by atoms with Crippen LogP contribution in [0.15, 0.2) is 4.90 Å². The molecule has 1 amide bonds. The van der Waals surface area contributed by atoms with Gasteiger partial charge in [-0.3, -0.25) is 14.3 Å². The van der Waals surface area contributed by atoms with Gasteiger partial charge >= 0.3 is 5.97 Å². The normalized spacial score (nSPS) is 22.3. The number of likely N-dealkylation sites (tertiary alicyclic amines) is 1. The maximum Gasteiger partial charge on any atom is 0.311 e. The van der Waals surface area contributed by atoms with E-state index in [-0.39, 0.29) is 11.4 Å². The third-order valence-electron chi connectivity index (χ3n) is 4.94. The highest BCUT2D eigenvalue weighted by atomic mass is 32.2. The standard InChI is InChI=1S/C16H26N4O5S/c1-10-13(12(3)19(5)17-10)26(24,25)18-11(2)14(21)20-8-6-7-16(4,9-20)15(22)23/h11,18H,6-9H2,1-5H3,(H,22,23). The first kappa shape index (κ1) is 20.4. The fourth-order valence-corrected chi connectivity index (χ4v) is 5.00. The summed E-state index contributed by atoms with van der Waals surface area (Å²) in [7, 11) is -2.28. The Balaban J connectivity index is 2.17. The first-order valence-electron chi connectivity index (χ1n) is 8.44. The third-order valence-corrected chi connectivity index (χ3v) is 6.73. The summed E-state index contributed by atoms with van der Waals surface area (Å²) in [6.07, 6.45) is 1.05. The van der Waals surface area contributed by atoms with E-state index in [9.17, 15) is 23.1 Å². The number of carbonyl (C=O) groups excluding carboxylic acids is 1.